The molecule has 2 aromatic rings. The third kappa shape index (κ3) is 1.74. The molecular weight excluding hydrogens is 182 g/mol. The molecule has 0 radical (unpaired) electrons. The number of aryl methyl sites for hydroxylation is 4. The van der Waals surface area contributed by atoms with Crippen LogP contribution in [0, 0.1) is 20.8 Å². The fraction of sp³-hybridized carbons (Fsp3) is 0.357. The molecule has 1 heteroatoms. The quantitative estimate of drug-likeness (QED) is 0.682. The minimum absolute atomic E-state index is 1.06. The van der Waals surface area contributed by atoms with Crippen molar-refractivity contribution in [3.05, 3.63) is 40.6 Å². The third-order valence-electron chi connectivity index (χ3n) is 3.11. The van der Waals surface area contributed by atoms with Crippen LogP contribution in [0.3, 0.4) is 0 Å². The molecule has 0 saturated heterocycles. The molecule has 0 unspecified atom stereocenters. The molecule has 1 aromatic carbocycles. The first kappa shape index (κ1) is 10.2. The number of aromatic nitrogens is 1. The Bertz CT molecular complexity index is 512. The van der Waals surface area contributed by atoms with Crippen molar-refractivity contribution < 1.29 is 0 Å². The molecule has 1 heterocycles. The standard InChI is InChI=1S/C14H17N/c1-5-12-8-13-6-9(2)10(3)7-14(13)15-11(12)4/h6-8H,5H2,1-4H3. The number of hydrogen-bond donors (Lipinski definition) is 0. The molecular formula is C14H17N. The molecule has 0 aliphatic heterocycles. The van der Waals surface area contributed by atoms with Crippen LogP contribution in [0.5, 0.6) is 0 Å². The number of fused-ring (bicyclic) bond motifs is 1. The van der Waals surface area contributed by atoms with E-state index in [0.717, 1.165) is 17.6 Å². The highest BCUT2D eigenvalue weighted by Gasteiger charge is 2.03. The molecule has 0 atom stereocenters. The Morgan fingerprint density at radius 2 is 1.67 bits per heavy atom. The highest BCUT2D eigenvalue weighted by Crippen LogP contribution is 2.20. The summed E-state index contributed by atoms with van der Waals surface area (Å²) in [5.41, 5.74) is 6.29. The topological polar surface area (TPSA) is 12.9 Å². The van der Waals surface area contributed by atoms with E-state index in [1.54, 1.807) is 0 Å². The average Bonchev–Trinajstić information content (AvgIpc) is 2.20. The Labute approximate surface area is 91.2 Å². The summed E-state index contributed by atoms with van der Waals surface area (Å²) in [7, 11) is 0. The molecule has 15 heavy (non-hydrogen) atoms. The van der Waals surface area contributed by atoms with Gasteiger partial charge in [-0.1, -0.05) is 6.92 Å². The maximum absolute atomic E-state index is 4.65. The van der Waals surface area contributed by atoms with E-state index >= 15 is 0 Å². The summed E-state index contributed by atoms with van der Waals surface area (Å²) in [5.74, 6) is 0. The van der Waals surface area contributed by atoms with Gasteiger partial charge in [-0.25, -0.2) is 0 Å². The Morgan fingerprint density at radius 3 is 2.33 bits per heavy atom. The minimum atomic E-state index is 1.06. The molecule has 0 aliphatic carbocycles. The Kier molecular flexibility index (Phi) is 2.47. The Morgan fingerprint density at radius 1 is 1.00 bits per heavy atom. The molecule has 0 fully saturated rings. The highest BCUT2D eigenvalue weighted by molar-refractivity contribution is 5.81. The summed E-state index contributed by atoms with van der Waals surface area (Å²) in [6, 6.07) is 6.68. The van der Waals surface area contributed by atoms with Crippen molar-refractivity contribution in [2.75, 3.05) is 0 Å². The van der Waals surface area contributed by atoms with Gasteiger partial charge in [-0.15, -0.1) is 0 Å². The second kappa shape index (κ2) is 3.65. The van der Waals surface area contributed by atoms with E-state index in [2.05, 4.69) is 50.9 Å². The summed E-state index contributed by atoms with van der Waals surface area (Å²) >= 11 is 0. The Hall–Kier alpha value is -1.37. The first-order valence-electron chi connectivity index (χ1n) is 5.49. The van der Waals surface area contributed by atoms with Crippen LogP contribution in [0.25, 0.3) is 10.9 Å². The molecule has 2 rings (SSSR count). The predicted molar refractivity (Wildman–Crippen MR) is 65.3 cm³/mol. The van der Waals surface area contributed by atoms with E-state index in [0.29, 0.717) is 0 Å². The van der Waals surface area contributed by atoms with Crippen LogP contribution in [0.1, 0.15) is 29.3 Å². The number of hydrogen-bond acceptors (Lipinski definition) is 1. The van der Waals surface area contributed by atoms with Gasteiger partial charge in [0.05, 0.1) is 5.52 Å². The smallest absolute Gasteiger partial charge is 0.0708 e. The summed E-state index contributed by atoms with van der Waals surface area (Å²) in [5, 5.41) is 1.26. The fourth-order valence-electron chi connectivity index (χ4n) is 1.94. The van der Waals surface area contributed by atoms with Gasteiger partial charge in [0.15, 0.2) is 0 Å². The van der Waals surface area contributed by atoms with Gasteiger partial charge in [-0.3, -0.25) is 4.98 Å². The molecule has 0 bridgehead atoms. The van der Waals surface area contributed by atoms with Crippen molar-refractivity contribution >= 4 is 10.9 Å². The number of pyridine rings is 1. The molecule has 78 valence electrons. The maximum atomic E-state index is 4.65. The summed E-state index contributed by atoms with van der Waals surface area (Å²) in [6.45, 7) is 8.56. The van der Waals surface area contributed by atoms with E-state index < -0.39 is 0 Å². The lowest BCUT2D eigenvalue weighted by atomic mass is 10.0. The van der Waals surface area contributed by atoms with Crippen LogP contribution in [0.4, 0.5) is 0 Å². The zero-order chi connectivity index (χ0) is 11.0. The van der Waals surface area contributed by atoms with Crippen LogP contribution in [0.2, 0.25) is 0 Å². The second-order valence-corrected chi connectivity index (χ2v) is 4.22. The molecule has 0 saturated carbocycles. The van der Waals surface area contributed by atoms with Gasteiger partial charge in [-0.2, -0.15) is 0 Å². The lowest BCUT2D eigenvalue weighted by molar-refractivity contribution is 1.07. The van der Waals surface area contributed by atoms with E-state index in [1.807, 2.05) is 0 Å². The predicted octanol–water partition coefficient (Wildman–Crippen LogP) is 3.72. The summed E-state index contributed by atoms with van der Waals surface area (Å²) in [4.78, 5) is 4.65. The van der Waals surface area contributed by atoms with E-state index in [1.165, 1.54) is 22.1 Å². The Balaban J connectivity index is 2.76. The average molecular weight is 199 g/mol. The van der Waals surface area contributed by atoms with Crippen molar-refractivity contribution in [3.8, 4) is 0 Å². The zero-order valence-electron chi connectivity index (χ0n) is 9.89. The highest BCUT2D eigenvalue weighted by atomic mass is 14.7. The maximum Gasteiger partial charge on any atom is 0.0708 e. The van der Waals surface area contributed by atoms with Crippen LogP contribution in [-0.2, 0) is 6.42 Å². The SMILES string of the molecule is CCc1cc2cc(C)c(C)cc2nc1C. The lowest BCUT2D eigenvalue weighted by Gasteiger charge is -2.07. The van der Waals surface area contributed by atoms with Gasteiger partial charge in [0, 0.05) is 11.1 Å². The van der Waals surface area contributed by atoms with Crippen LogP contribution in [0.15, 0.2) is 18.2 Å². The third-order valence-corrected chi connectivity index (χ3v) is 3.11. The first-order valence-corrected chi connectivity index (χ1v) is 5.49. The van der Waals surface area contributed by atoms with Crippen molar-refractivity contribution in [2.24, 2.45) is 0 Å². The van der Waals surface area contributed by atoms with Gasteiger partial charge in [0.25, 0.3) is 0 Å². The van der Waals surface area contributed by atoms with E-state index in [9.17, 15) is 0 Å². The first-order chi connectivity index (χ1) is 7.11. The second-order valence-electron chi connectivity index (χ2n) is 4.22. The van der Waals surface area contributed by atoms with E-state index in [4.69, 9.17) is 0 Å². The number of nitrogens with zero attached hydrogens (tertiary/aromatic N) is 1. The van der Waals surface area contributed by atoms with E-state index in [-0.39, 0.29) is 0 Å². The molecule has 0 amide bonds. The van der Waals surface area contributed by atoms with Gasteiger partial charge < -0.3 is 0 Å². The summed E-state index contributed by atoms with van der Waals surface area (Å²) in [6.07, 6.45) is 1.06. The van der Waals surface area contributed by atoms with Crippen LogP contribution < -0.4 is 0 Å². The van der Waals surface area contributed by atoms with Gasteiger partial charge in [0.1, 0.15) is 0 Å². The largest absolute Gasteiger partial charge is 0.253 e. The van der Waals surface area contributed by atoms with Crippen molar-refractivity contribution in [3.63, 3.8) is 0 Å². The monoisotopic (exact) mass is 199 g/mol. The molecule has 0 aliphatic rings. The van der Waals surface area contributed by atoms with Gasteiger partial charge in [-0.05, 0) is 62.1 Å². The number of rotatable bonds is 1. The summed E-state index contributed by atoms with van der Waals surface area (Å²) < 4.78 is 0. The zero-order valence-corrected chi connectivity index (χ0v) is 9.89. The van der Waals surface area contributed by atoms with Crippen LogP contribution >= 0.6 is 0 Å². The van der Waals surface area contributed by atoms with Gasteiger partial charge in [0.2, 0.25) is 0 Å². The van der Waals surface area contributed by atoms with Gasteiger partial charge >= 0.3 is 0 Å². The molecule has 1 aromatic heterocycles. The fourth-order valence-corrected chi connectivity index (χ4v) is 1.94. The minimum Gasteiger partial charge on any atom is -0.253 e. The van der Waals surface area contributed by atoms with Crippen molar-refractivity contribution in [1.82, 2.24) is 4.98 Å². The van der Waals surface area contributed by atoms with Crippen molar-refractivity contribution in [1.29, 1.82) is 0 Å². The molecule has 0 N–H and O–H groups in total. The molecule has 1 nitrogen and oxygen atoms in total. The van der Waals surface area contributed by atoms with Crippen molar-refractivity contribution in [2.45, 2.75) is 34.1 Å². The molecule has 0 spiro atoms. The van der Waals surface area contributed by atoms with Crippen LogP contribution in [-0.4, -0.2) is 4.98 Å². The lowest BCUT2D eigenvalue weighted by Crippen LogP contribution is -1.93. The normalized spacial score (nSPS) is 10.9. The number of benzene rings is 1.